The summed E-state index contributed by atoms with van der Waals surface area (Å²) in [6.45, 7) is 4.07. The fourth-order valence-electron chi connectivity index (χ4n) is 0.453. The van der Waals surface area contributed by atoms with Crippen LogP contribution in [0.5, 0.6) is 0 Å². The molecule has 0 heterocycles. The molecule has 1 aliphatic carbocycles. The molecule has 2 nitrogen and oxygen atoms in total. The Labute approximate surface area is 96.4 Å². The van der Waals surface area contributed by atoms with Crippen molar-refractivity contribution in [2.45, 2.75) is 39.2 Å². The second kappa shape index (κ2) is 9.74. The van der Waals surface area contributed by atoms with Crippen LogP contribution in [-0.4, -0.2) is 16.6 Å². The van der Waals surface area contributed by atoms with Crippen molar-refractivity contribution in [3.05, 3.63) is 30.3 Å². The smallest absolute Gasteiger partial charge is 0.146 e. The normalized spacial score (nSPS) is 12.2. The molecule has 0 bridgehead atoms. The number of para-hydroxylation sites is 1. The van der Waals surface area contributed by atoms with Gasteiger partial charge in [0.1, 0.15) is 10.5 Å². The standard InChI is InChI=1S/C6H7N.C3H10OSi.C3H6/c7-6-4-2-1-3-5-6;1-3(2)4-5;1-2-3-1/h1-5H,7H2;3H,1-2,5H3;1-3H2. The Morgan fingerprint density at radius 1 is 1.13 bits per heavy atom. The van der Waals surface area contributed by atoms with E-state index in [1.807, 2.05) is 44.2 Å². The molecule has 0 atom stereocenters. The summed E-state index contributed by atoms with van der Waals surface area (Å²) in [6.07, 6.45) is 4.95. The van der Waals surface area contributed by atoms with Crippen LogP contribution in [0.15, 0.2) is 30.3 Å². The first kappa shape index (κ1) is 14.2. The molecule has 0 radical (unpaired) electrons. The maximum Gasteiger partial charge on any atom is 0.146 e. The molecular formula is C12H23NOSi. The highest BCUT2D eigenvalue weighted by Crippen LogP contribution is 2.14. The summed E-state index contributed by atoms with van der Waals surface area (Å²) >= 11 is 0. The Bertz CT molecular complexity index is 222. The van der Waals surface area contributed by atoms with Crippen LogP contribution in [0, 0.1) is 0 Å². The second-order valence-corrected chi connectivity index (χ2v) is 4.23. The zero-order valence-electron chi connectivity index (χ0n) is 10.1. The van der Waals surface area contributed by atoms with Crippen molar-refractivity contribution in [3.8, 4) is 0 Å². The Kier molecular flexibility index (Phi) is 9.22. The minimum atomic E-state index is 0.446. The van der Waals surface area contributed by atoms with Gasteiger partial charge in [-0.3, -0.25) is 0 Å². The molecule has 1 aliphatic rings. The summed E-state index contributed by atoms with van der Waals surface area (Å²) in [5, 5.41) is 0. The molecule has 0 aromatic heterocycles. The molecule has 3 heteroatoms. The van der Waals surface area contributed by atoms with E-state index in [1.54, 1.807) is 0 Å². The van der Waals surface area contributed by atoms with Gasteiger partial charge in [-0.1, -0.05) is 37.5 Å². The third kappa shape index (κ3) is 15.9. The van der Waals surface area contributed by atoms with Crippen molar-refractivity contribution in [1.29, 1.82) is 0 Å². The summed E-state index contributed by atoms with van der Waals surface area (Å²) in [7, 11) is 0.873. The van der Waals surface area contributed by atoms with Crippen LogP contribution in [0.2, 0.25) is 0 Å². The van der Waals surface area contributed by atoms with Crippen LogP contribution in [0.25, 0.3) is 0 Å². The van der Waals surface area contributed by atoms with Gasteiger partial charge >= 0.3 is 0 Å². The van der Waals surface area contributed by atoms with Gasteiger partial charge < -0.3 is 10.2 Å². The lowest BCUT2D eigenvalue weighted by atomic mass is 10.3. The van der Waals surface area contributed by atoms with E-state index in [1.165, 1.54) is 19.3 Å². The molecule has 0 saturated heterocycles. The zero-order chi connectivity index (χ0) is 11.5. The van der Waals surface area contributed by atoms with Crippen molar-refractivity contribution >= 4 is 16.2 Å². The molecule has 1 aromatic carbocycles. The van der Waals surface area contributed by atoms with Gasteiger partial charge in [0.2, 0.25) is 0 Å². The third-order valence-electron chi connectivity index (χ3n) is 1.62. The summed E-state index contributed by atoms with van der Waals surface area (Å²) < 4.78 is 4.89. The minimum absolute atomic E-state index is 0.446. The third-order valence-corrected chi connectivity index (χ3v) is 2.57. The van der Waals surface area contributed by atoms with Crippen molar-refractivity contribution in [1.82, 2.24) is 0 Å². The fraction of sp³-hybridized carbons (Fsp3) is 0.500. The molecule has 1 fully saturated rings. The van der Waals surface area contributed by atoms with Crippen molar-refractivity contribution in [2.75, 3.05) is 5.73 Å². The minimum Gasteiger partial charge on any atom is -0.426 e. The maximum atomic E-state index is 5.36. The average Bonchev–Trinajstić information content (AvgIpc) is 3.06. The van der Waals surface area contributed by atoms with Gasteiger partial charge in [-0.05, 0) is 26.0 Å². The number of benzene rings is 1. The van der Waals surface area contributed by atoms with Crippen molar-refractivity contribution in [3.63, 3.8) is 0 Å². The number of anilines is 1. The van der Waals surface area contributed by atoms with E-state index in [9.17, 15) is 0 Å². The summed E-state index contributed by atoms with van der Waals surface area (Å²) in [4.78, 5) is 0. The molecule has 0 unspecified atom stereocenters. The number of hydrogen-bond acceptors (Lipinski definition) is 2. The monoisotopic (exact) mass is 225 g/mol. The van der Waals surface area contributed by atoms with Crippen LogP contribution in [0.4, 0.5) is 5.69 Å². The Morgan fingerprint density at radius 3 is 1.67 bits per heavy atom. The van der Waals surface area contributed by atoms with Gasteiger partial charge in [0.15, 0.2) is 0 Å². The molecule has 2 rings (SSSR count). The van der Waals surface area contributed by atoms with Gasteiger partial charge in [0, 0.05) is 11.8 Å². The van der Waals surface area contributed by atoms with Crippen LogP contribution >= 0.6 is 0 Å². The van der Waals surface area contributed by atoms with Gasteiger partial charge in [0.25, 0.3) is 0 Å². The van der Waals surface area contributed by atoms with Crippen LogP contribution in [-0.2, 0) is 4.43 Å². The SMILES string of the molecule is C1CC1.CC(C)O[SiH3].Nc1ccccc1. The topological polar surface area (TPSA) is 35.2 Å². The van der Waals surface area contributed by atoms with E-state index in [0.29, 0.717) is 6.10 Å². The van der Waals surface area contributed by atoms with E-state index in [4.69, 9.17) is 10.2 Å². The molecular weight excluding hydrogens is 202 g/mol. The second-order valence-electron chi connectivity index (χ2n) is 3.76. The molecule has 1 aromatic rings. The molecule has 2 N–H and O–H groups in total. The molecule has 0 aliphatic heterocycles. The number of hydrogen-bond donors (Lipinski definition) is 1. The lowest BCUT2D eigenvalue weighted by Crippen LogP contribution is -1.95. The highest BCUT2D eigenvalue weighted by Gasteiger charge is 1.95. The first-order valence-corrected chi connectivity index (χ1v) is 6.31. The van der Waals surface area contributed by atoms with Gasteiger partial charge in [0.05, 0.1) is 0 Å². The quantitative estimate of drug-likeness (QED) is 0.587. The van der Waals surface area contributed by atoms with Crippen LogP contribution in [0.3, 0.4) is 0 Å². The van der Waals surface area contributed by atoms with E-state index in [0.717, 1.165) is 16.2 Å². The predicted octanol–water partition coefficient (Wildman–Crippen LogP) is 2.13. The maximum absolute atomic E-state index is 5.36. The molecule has 86 valence electrons. The van der Waals surface area contributed by atoms with E-state index >= 15 is 0 Å². The largest absolute Gasteiger partial charge is 0.426 e. The van der Waals surface area contributed by atoms with E-state index in [2.05, 4.69) is 0 Å². The van der Waals surface area contributed by atoms with E-state index < -0.39 is 0 Å². The van der Waals surface area contributed by atoms with Crippen LogP contribution in [0.1, 0.15) is 33.1 Å². The van der Waals surface area contributed by atoms with Crippen LogP contribution < -0.4 is 5.73 Å². The first-order chi connectivity index (χ1) is 7.16. The zero-order valence-corrected chi connectivity index (χ0v) is 12.1. The lowest BCUT2D eigenvalue weighted by molar-refractivity contribution is 0.267. The summed E-state index contributed by atoms with van der Waals surface area (Å²) in [5.41, 5.74) is 6.18. The van der Waals surface area contributed by atoms with Gasteiger partial charge in [-0.15, -0.1) is 0 Å². The van der Waals surface area contributed by atoms with Crippen molar-refractivity contribution in [2.24, 2.45) is 0 Å². The van der Waals surface area contributed by atoms with Gasteiger partial charge in [-0.25, -0.2) is 0 Å². The Morgan fingerprint density at radius 2 is 1.53 bits per heavy atom. The first-order valence-electron chi connectivity index (χ1n) is 5.50. The van der Waals surface area contributed by atoms with Gasteiger partial charge in [-0.2, -0.15) is 0 Å². The molecule has 0 amide bonds. The Balaban J connectivity index is 0.000000213. The summed E-state index contributed by atoms with van der Waals surface area (Å²) in [5.74, 6) is 0. The molecule has 15 heavy (non-hydrogen) atoms. The predicted molar refractivity (Wildman–Crippen MR) is 70.9 cm³/mol. The number of nitrogen functional groups attached to an aromatic ring is 1. The average molecular weight is 225 g/mol. The Hall–Kier alpha value is -0.803. The molecule has 0 spiro atoms. The highest BCUT2D eigenvalue weighted by atomic mass is 28.2. The summed E-state index contributed by atoms with van der Waals surface area (Å²) in [6, 6.07) is 9.49. The fourth-order valence-corrected chi connectivity index (χ4v) is 0.453. The highest BCUT2D eigenvalue weighted by molar-refractivity contribution is 5.98. The number of nitrogens with two attached hydrogens (primary N) is 1. The lowest BCUT2D eigenvalue weighted by Gasteiger charge is -1.95. The molecule has 1 saturated carbocycles. The number of rotatable bonds is 1. The van der Waals surface area contributed by atoms with E-state index in [-0.39, 0.29) is 0 Å². The van der Waals surface area contributed by atoms with Crippen molar-refractivity contribution < 1.29 is 4.43 Å².